The Hall–Kier alpha value is -1.90. The summed E-state index contributed by atoms with van der Waals surface area (Å²) in [7, 11) is 0. The molecule has 0 radical (unpaired) electrons. The molecule has 1 aromatic rings. The lowest BCUT2D eigenvalue weighted by Gasteiger charge is -2.35. The van der Waals surface area contributed by atoms with E-state index in [1.165, 1.54) is 6.08 Å². The van der Waals surface area contributed by atoms with Crippen LogP contribution in [0.3, 0.4) is 0 Å². The monoisotopic (exact) mass is 268 g/mol. The molecule has 0 aromatic heterocycles. The Balaban J connectivity index is 2.52. The van der Waals surface area contributed by atoms with Crippen LogP contribution in [0.1, 0.15) is 18.4 Å². The van der Waals surface area contributed by atoms with Crippen LogP contribution in [0.2, 0.25) is 0 Å². The van der Waals surface area contributed by atoms with E-state index in [1.807, 2.05) is 54.6 Å². The zero-order valence-electron chi connectivity index (χ0n) is 11.5. The van der Waals surface area contributed by atoms with Crippen LogP contribution in [0, 0.1) is 5.41 Å². The Morgan fingerprint density at radius 3 is 2.10 bits per heavy atom. The second-order valence-corrected chi connectivity index (χ2v) is 5.20. The van der Waals surface area contributed by atoms with Gasteiger partial charge < -0.3 is 10.2 Å². The van der Waals surface area contributed by atoms with Crippen LogP contribution in [0.4, 0.5) is 0 Å². The summed E-state index contributed by atoms with van der Waals surface area (Å²) >= 11 is 0. The van der Waals surface area contributed by atoms with Crippen molar-refractivity contribution in [2.45, 2.75) is 18.6 Å². The fourth-order valence-electron chi connectivity index (χ4n) is 2.60. The molecular formula is C18H20O2. The number of rotatable bonds is 5. The van der Waals surface area contributed by atoms with Crippen molar-refractivity contribution < 1.29 is 10.2 Å². The third-order valence-electron chi connectivity index (χ3n) is 3.61. The van der Waals surface area contributed by atoms with E-state index in [0.717, 1.165) is 18.4 Å². The summed E-state index contributed by atoms with van der Waals surface area (Å²) in [5, 5.41) is 20.4. The van der Waals surface area contributed by atoms with Gasteiger partial charge in [0.1, 0.15) is 0 Å². The van der Waals surface area contributed by atoms with Crippen LogP contribution in [-0.2, 0) is 0 Å². The van der Waals surface area contributed by atoms with E-state index in [1.54, 1.807) is 0 Å². The summed E-state index contributed by atoms with van der Waals surface area (Å²) in [5.41, 5.74) is 1.02. The largest absolute Gasteiger partial charge is 0.359 e. The van der Waals surface area contributed by atoms with Gasteiger partial charge in [-0.25, -0.2) is 0 Å². The first kappa shape index (κ1) is 14.5. The number of hydrogen-bond acceptors (Lipinski definition) is 2. The Bertz CT molecular complexity index is 540. The fourth-order valence-corrected chi connectivity index (χ4v) is 2.60. The van der Waals surface area contributed by atoms with Crippen molar-refractivity contribution in [3.8, 4) is 0 Å². The van der Waals surface area contributed by atoms with Crippen LogP contribution in [0.5, 0.6) is 0 Å². The first-order valence-corrected chi connectivity index (χ1v) is 6.69. The average molecular weight is 268 g/mol. The highest BCUT2D eigenvalue weighted by atomic mass is 16.5. The molecule has 0 aliphatic heterocycles. The van der Waals surface area contributed by atoms with Gasteiger partial charge in [0, 0.05) is 11.0 Å². The Kier molecular flexibility index (Phi) is 4.07. The zero-order chi connectivity index (χ0) is 14.6. The molecule has 0 heterocycles. The van der Waals surface area contributed by atoms with E-state index < -0.39 is 5.79 Å². The normalized spacial score (nSPS) is 19.2. The molecule has 0 saturated heterocycles. The van der Waals surface area contributed by atoms with Gasteiger partial charge in [-0.05, 0) is 24.5 Å². The SMILES string of the molecule is C=CCC1(CC=C)C=CC(O)(O)C(c2ccccc2)=C1. The van der Waals surface area contributed by atoms with Crippen LogP contribution >= 0.6 is 0 Å². The maximum absolute atomic E-state index is 10.2. The molecule has 0 spiro atoms. The molecular weight excluding hydrogens is 248 g/mol. The Morgan fingerprint density at radius 2 is 1.55 bits per heavy atom. The van der Waals surface area contributed by atoms with Gasteiger partial charge in [0.2, 0.25) is 5.79 Å². The van der Waals surface area contributed by atoms with Crippen molar-refractivity contribution >= 4 is 5.57 Å². The van der Waals surface area contributed by atoms with E-state index in [9.17, 15) is 10.2 Å². The number of hydrogen-bond donors (Lipinski definition) is 2. The molecule has 1 aromatic carbocycles. The molecule has 0 amide bonds. The average Bonchev–Trinajstić information content (AvgIpc) is 2.43. The minimum atomic E-state index is -1.94. The van der Waals surface area contributed by atoms with Crippen molar-refractivity contribution in [1.82, 2.24) is 0 Å². The topological polar surface area (TPSA) is 40.5 Å². The third-order valence-corrected chi connectivity index (χ3v) is 3.61. The van der Waals surface area contributed by atoms with E-state index in [0.29, 0.717) is 5.57 Å². The number of benzene rings is 1. The predicted molar refractivity (Wildman–Crippen MR) is 82.8 cm³/mol. The van der Waals surface area contributed by atoms with Crippen molar-refractivity contribution in [3.63, 3.8) is 0 Å². The van der Waals surface area contributed by atoms with Gasteiger partial charge in [-0.2, -0.15) is 0 Å². The molecule has 0 bridgehead atoms. The minimum Gasteiger partial charge on any atom is -0.359 e. The van der Waals surface area contributed by atoms with Crippen molar-refractivity contribution in [1.29, 1.82) is 0 Å². The smallest absolute Gasteiger partial charge is 0.210 e. The van der Waals surface area contributed by atoms with Gasteiger partial charge in [0.05, 0.1) is 0 Å². The van der Waals surface area contributed by atoms with E-state index in [-0.39, 0.29) is 5.41 Å². The Labute approximate surface area is 120 Å². The first-order chi connectivity index (χ1) is 9.53. The summed E-state index contributed by atoms with van der Waals surface area (Å²) < 4.78 is 0. The highest BCUT2D eigenvalue weighted by Gasteiger charge is 2.36. The maximum atomic E-state index is 10.2. The van der Waals surface area contributed by atoms with Gasteiger partial charge in [-0.3, -0.25) is 0 Å². The second kappa shape index (κ2) is 5.61. The third kappa shape index (κ3) is 2.82. The molecule has 2 nitrogen and oxygen atoms in total. The number of allylic oxidation sites excluding steroid dienone is 4. The molecule has 0 unspecified atom stereocenters. The van der Waals surface area contributed by atoms with Gasteiger partial charge >= 0.3 is 0 Å². The lowest BCUT2D eigenvalue weighted by Crippen LogP contribution is -2.33. The van der Waals surface area contributed by atoms with Crippen LogP contribution in [0.15, 0.2) is 73.9 Å². The molecule has 0 saturated carbocycles. The lowest BCUT2D eigenvalue weighted by molar-refractivity contribution is -0.0669. The minimum absolute atomic E-state index is 0.288. The lowest BCUT2D eigenvalue weighted by atomic mass is 9.73. The number of aliphatic hydroxyl groups is 2. The summed E-state index contributed by atoms with van der Waals surface area (Å²) in [4.78, 5) is 0. The van der Waals surface area contributed by atoms with Crippen LogP contribution < -0.4 is 0 Å². The van der Waals surface area contributed by atoms with Gasteiger partial charge in [-0.1, -0.05) is 54.6 Å². The van der Waals surface area contributed by atoms with Gasteiger partial charge in [0.15, 0.2) is 0 Å². The highest BCUT2D eigenvalue weighted by molar-refractivity contribution is 5.74. The van der Waals surface area contributed by atoms with E-state index >= 15 is 0 Å². The quantitative estimate of drug-likeness (QED) is 0.634. The predicted octanol–water partition coefficient (Wildman–Crippen LogP) is 3.46. The molecule has 2 rings (SSSR count). The van der Waals surface area contributed by atoms with Crippen LogP contribution in [0.25, 0.3) is 5.57 Å². The standard InChI is InChI=1S/C18H20O2/c1-3-10-17(11-4-2)12-13-18(19,20)16(14-17)15-8-6-5-7-9-15/h3-9,12-14,19-20H,1-2,10-11H2. The first-order valence-electron chi connectivity index (χ1n) is 6.69. The molecule has 104 valence electrons. The molecule has 20 heavy (non-hydrogen) atoms. The molecule has 2 heteroatoms. The summed E-state index contributed by atoms with van der Waals surface area (Å²) in [6, 6.07) is 9.41. The van der Waals surface area contributed by atoms with Gasteiger partial charge in [0.25, 0.3) is 0 Å². The van der Waals surface area contributed by atoms with Crippen molar-refractivity contribution in [3.05, 3.63) is 79.4 Å². The van der Waals surface area contributed by atoms with E-state index in [2.05, 4.69) is 13.2 Å². The maximum Gasteiger partial charge on any atom is 0.210 e. The molecule has 2 N–H and O–H groups in total. The molecule has 1 aliphatic carbocycles. The molecule has 1 aliphatic rings. The Morgan fingerprint density at radius 1 is 0.950 bits per heavy atom. The van der Waals surface area contributed by atoms with Crippen LogP contribution in [-0.4, -0.2) is 16.0 Å². The summed E-state index contributed by atoms with van der Waals surface area (Å²) in [6.07, 6.45) is 10.3. The van der Waals surface area contributed by atoms with Gasteiger partial charge in [-0.15, -0.1) is 13.2 Å². The van der Waals surface area contributed by atoms with E-state index in [4.69, 9.17) is 0 Å². The summed E-state index contributed by atoms with van der Waals surface area (Å²) in [6.45, 7) is 7.59. The molecule has 0 atom stereocenters. The molecule has 0 fully saturated rings. The van der Waals surface area contributed by atoms with Crippen molar-refractivity contribution in [2.24, 2.45) is 5.41 Å². The van der Waals surface area contributed by atoms with Crippen molar-refractivity contribution in [2.75, 3.05) is 0 Å². The second-order valence-electron chi connectivity index (χ2n) is 5.20. The zero-order valence-corrected chi connectivity index (χ0v) is 11.5. The fraction of sp³-hybridized carbons (Fsp3) is 0.222. The highest BCUT2D eigenvalue weighted by Crippen LogP contribution is 2.42. The summed E-state index contributed by atoms with van der Waals surface area (Å²) in [5.74, 6) is -1.94.